The van der Waals surface area contributed by atoms with Gasteiger partial charge in [-0.3, -0.25) is 0 Å². The van der Waals surface area contributed by atoms with E-state index in [-0.39, 0.29) is 30.3 Å². The van der Waals surface area contributed by atoms with Crippen molar-refractivity contribution in [2.45, 2.75) is 6.29 Å². The number of aliphatic hydroxyl groups is 2. The van der Waals surface area contributed by atoms with Crippen LogP contribution in [0.1, 0.15) is 11.9 Å². The number of hydrogen-bond acceptors (Lipinski definition) is 4. The van der Waals surface area contributed by atoms with E-state index >= 15 is 0 Å². The molecule has 0 radical (unpaired) electrons. The first kappa shape index (κ1) is 24.0. The molecule has 4 nitrogen and oxygen atoms in total. The third-order valence-electron chi connectivity index (χ3n) is 3.96. The number of rotatable bonds is 7. The summed E-state index contributed by atoms with van der Waals surface area (Å²) in [5.41, 5.74) is 0.755. The number of benzene rings is 1. The average molecular weight is 612 g/mol. The zero-order valence-corrected chi connectivity index (χ0v) is 20.2. The largest absolute Gasteiger partial charge is 0.396 e. The second-order valence-electron chi connectivity index (χ2n) is 6.22. The number of hydrogen-bond donors (Lipinski definition) is 2. The van der Waals surface area contributed by atoms with Crippen LogP contribution in [0.2, 0.25) is 0 Å². The average Bonchev–Trinajstić information content (AvgIpc) is 2.71. The Labute approximate surface area is 183 Å². The first-order valence-electron chi connectivity index (χ1n) is 7.78. The second kappa shape index (κ2) is 12.4. The highest BCUT2D eigenvalue weighted by Crippen LogP contribution is 2.34. The van der Waals surface area contributed by atoms with Crippen molar-refractivity contribution in [3.63, 3.8) is 0 Å². The lowest BCUT2D eigenvalue weighted by Gasteiger charge is -2.37. The van der Waals surface area contributed by atoms with E-state index in [1.807, 2.05) is 30.3 Å². The fourth-order valence-electron chi connectivity index (χ4n) is 1.84. The molecule has 0 amide bonds. The van der Waals surface area contributed by atoms with E-state index in [2.05, 4.69) is 63.7 Å². The molecule has 1 heterocycles. The van der Waals surface area contributed by atoms with Crippen LogP contribution in [0.3, 0.4) is 0 Å². The van der Waals surface area contributed by atoms with Crippen LogP contribution in [0, 0.1) is 10.8 Å². The van der Waals surface area contributed by atoms with Crippen LogP contribution in [-0.4, -0.2) is 58.0 Å². The van der Waals surface area contributed by atoms with Crippen molar-refractivity contribution in [1.82, 2.24) is 0 Å². The van der Waals surface area contributed by atoms with Crippen molar-refractivity contribution in [3.8, 4) is 0 Å². The molecule has 0 atom stereocenters. The zero-order chi connectivity index (χ0) is 18.8. The third-order valence-corrected chi connectivity index (χ3v) is 8.72. The van der Waals surface area contributed by atoms with Crippen LogP contribution in [0.5, 0.6) is 0 Å². The summed E-state index contributed by atoms with van der Waals surface area (Å²) in [5.74, 6) is 0. The fourth-order valence-corrected chi connectivity index (χ4v) is 5.06. The molecule has 1 fully saturated rings. The Morgan fingerprint density at radius 1 is 0.920 bits per heavy atom. The van der Waals surface area contributed by atoms with Crippen molar-refractivity contribution < 1.29 is 19.7 Å². The van der Waals surface area contributed by atoms with Gasteiger partial charge in [-0.15, -0.1) is 0 Å². The maximum absolute atomic E-state index is 8.76. The molecule has 0 bridgehead atoms. The molecule has 2 rings (SSSR count). The van der Waals surface area contributed by atoms with E-state index in [1.165, 1.54) is 0 Å². The Hall–Kier alpha value is 0.980. The molecule has 0 aromatic heterocycles. The van der Waals surface area contributed by atoms with Crippen molar-refractivity contribution in [1.29, 1.82) is 0 Å². The maximum atomic E-state index is 8.76. The molecule has 0 spiro atoms. The lowest BCUT2D eigenvalue weighted by molar-refractivity contribution is -0.223. The molecular weight excluding hydrogens is 588 g/mol. The van der Waals surface area contributed by atoms with E-state index in [1.54, 1.807) is 0 Å². The van der Waals surface area contributed by atoms with Gasteiger partial charge < -0.3 is 19.7 Å². The Balaban J connectivity index is 0.000000299. The summed E-state index contributed by atoms with van der Waals surface area (Å²) in [6, 6.07) is 10.0. The topological polar surface area (TPSA) is 58.9 Å². The Morgan fingerprint density at radius 3 is 1.72 bits per heavy atom. The molecule has 1 aliphatic heterocycles. The van der Waals surface area contributed by atoms with E-state index in [0.717, 1.165) is 16.2 Å². The summed E-state index contributed by atoms with van der Waals surface area (Å²) in [6.45, 7) is 1.42. The van der Waals surface area contributed by atoms with Gasteiger partial charge in [0.1, 0.15) is 0 Å². The molecule has 0 unspecified atom stereocenters. The Morgan fingerprint density at radius 2 is 1.40 bits per heavy atom. The fraction of sp³-hybridized carbons (Fsp3) is 0.647. The van der Waals surface area contributed by atoms with Crippen molar-refractivity contribution in [3.05, 3.63) is 35.9 Å². The monoisotopic (exact) mass is 608 g/mol. The van der Waals surface area contributed by atoms with E-state index in [0.29, 0.717) is 23.9 Å². The predicted octanol–water partition coefficient (Wildman–Crippen LogP) is 4.26. The van der Waals surface area contributed by atoms with Crippen LogP contribution in [-0.2, 0) is 9.47 Å². The molecule has 1 aromatic carbocycles. The zero-order valence-electron chi connectivity index (χ0n) is 13.8. The molecule has 0 aliphatic carbocycles. The van der Waals surface area contributed by atoms with Crippen LogP contribution in [0.4, 0.5) is 0 Å². The van der Waals surface area contributed by atoms with Gasteiger partial charge in [0.05, 0.1) is 26.4 Å². The Kier molecular flexibility index (Phi) is 12.0. The third kappa shape index (κ3) is 7.14. The maximum Gasteiger partial charge on any atom is 0.183 e. The molecule has 1 saturated heterocycles. The molecule has 2 N–H and O–H groups in total. The van der Waals surface area contributed by atoms with Crippen LogP contribution >= 0.6 is 63.7 Å². The summed E-state index contributed by atoms with van der Waals surface area (Å²) in [7, 11) is 0. The quantitative estimate of drug-likeness (QED) is 0.453. The van der Waals surface area contributed by atoms with Gasteiger partial charge in [-0.25, -0.2) is 0 Å². The van der Waals surface area contributed by atoms with Gasteiger partial charge in [0, 0.05) is 37.7 Å². The van der Waals surface area contributed by atoms with Gasteiger partial charge in [0.2, 0.25) is 0 Å². The van der Waals surface area contributed by atoms with Gasteiger partial charge >= 0.3 is 0 Å². The standard InChI is InChI=1S/C12H14Br2O2.C5H10Br2O2/c13-6-12(7-14)8-15-11(16-9-12)10-4-2-1-3-5-10;6-1-5(2-7,3-8)4-9/h1-5,11H,6-9H2;8-9H,1-4H2. The molecule has 25 heavy (non-hydrogen) atoms. The molecule has 0 saturated carbocycles. The minimum Gasteiger partial charge on any atom is -0.396 e. The minimum absolute atomic E-state index is 0. The van der Waals surface area contributed by atoms with Gasteiger partial charge in [-0.05, 0) is 0 Å². The summed E-state index contributed by atoms with van der Waals surface area (Å²) >= 11 is 13.4. The highest BCUT2D eigenvalue weighted by atomic mass is 79.9. The first-order valence-corrected chi connectivity index (χ1v) is 12.3. The highest BCUT2D eigenvalue weighted by Gasteiger charge is 2.35. The van der Waals surface area contributed by atoms with Crippen molar-refractivity contribution in [2.75, 3.05) is 47.7 Å². The number of alkyl halides is 4. The number of ether oxygens (including phenoxy) is 2. The molecule has 1 aromatic rings. The summed E-state index contributed by atoms with van der Waals surface area (Å²) in [6.07, 6.45) is -0.215. The predicted molar refractivity (Wildman–Crippen MR) is 115 cm³/mol. The van der Waals surface area contributed by atoms with Gasteiger partial charge in [-0.2, -0.15) is 0 Å². The van der Waals surface area contributed by atoms with E-state index in [4.69, 9.17) is 19.7 Å². The van der Waals surface area contributed by atoms with Crippen molar-refractivity contribution in [2.24, 2.45) is 10.8 Å². The summed E-state index contributed by atoms with van der Waals surface area (Å²) in [5, 5.41) is 20.5. The van der Waals surface area contributed by atoms with Gasteiger partial charge in [-0.1, -0.05) is 94.1 Å². The smallest absolute Gasteiger partial charge is 0.183 e. The van der Waals surface area contributed by atoms with Crippen LogP contribution in [0.15, 0.2) is 30.3 Å². The van der Waals surface area contributed by atoms with Gasteiger partial charge in [0.25, 0.3) is 0 Å². The van der Waals surface area contributed by atoms with Crippen LogP contribution in [0.25, 0.3) is 0 Å². The van der Waals surface area contributed by atoms with Crippen LogP contribution < -0.4 is 0 Å². The number of aliphatic hydroxyl groups excluding tert-OH is 2. The summed E-state index contributed by atoms with van der Waals surface area (Å²) < 4.78 is 11.6. The lowest BCUT2D eigenvalue weighted by Crippen LogP contribution is -2.41. The van der Waals surface area contributed by atoms with Crippen molar-refractivity contribution >= 4 is 63.7 Å². The molecule has 144 valence electrons. The van der Waals surface area contributed by atoms with E-state index in [9.17, 15) is 0 Å². The summed E-state index contributed by atoms with van der Waals surface area (Å²) in [4.78, 5) is 0. The highest BCUT2D eigenvalue weighted by molar-refractivity contribution is 9.10. The number of halogens is 4. The van der Waals surface area contributed by atoms with Gasteiger partial charge in [0.15, 0.2) is 6.29 Å². The Bertz CT molecular complexity index is 439. The molecule has 1 aliphatic rings. The van der Waals surface area contributed by atoms with E-state index < -0.39 is 0 Å². The lowest BCUT2D eigenvalue weighted by atomic mass is 9.95. The second-order valence-corrected chi connectivity index (χ2v) is 8.46. The molecular formula is C17H24Br4O4. The molecule has 8 heteroatoms. The first-order chi connectivity index (χ1) is 12.0. The normalized spacial score (nSPS) is 17.7. The minimum atomic E-state index is -0.389. The SMILES string of the molecule is BrCC1(CBr)COC(c2ccccc2)OC1.OCC(CO)(CBr)CBr.